The highest BCUT2D eigenvalue weighted by molar-refractivity contribution is 5.98. The van der Waals surface area contributed by atoms with Crippen molar-refractivity contribution in [1.82, 2.24) is 4.90 Å². The van der Waals surface area contributed by atoms with E-state index in [-0.39, 0.29) is 29.1 Å². The summed E-state index contributed by atoms with van der Waals surface area (Å²) in [5.74, 6) is -0.513. The van der Waals surface area contributed by atoms with Gasteiger partial charge in [0, 0.05) is 13.1 Å². The molecule has 21 heavy (non-hydrogen) atoms. The first-order chi connectivity index (χ1) is 10.0. The van der Waals surface area contributed by atoms with Crippen LogP contribution in [-0.2, 0) is 4.74 Å². The molecule has 1 aliphatic heterocycles. The number of amides is 1. The van der Waals surface area contributed by atoms with Crippen LogP contribution in [0.4, 0.5) is 8.78 Å². The molecule has 1 saturated heterocycles. The van der Waals surface area contributed by atoms with E-state index in [1.807, 2.05) is 6.92 Å². The number of hydrogen-bond acceptors (Lipinski definition) is 4. The van der Waals surface area contributed by atoms with Gasteiger partial charge in [0.15, 0.2) is 11.5 Å². The van der Waals surface area contributed by atoms with E-state index in [1.165, 1.54) is 19.2 Å². The van der Waals surface area contributed by atoms with Gasteiger partial charge in [-0.2, -0.15) is 8.78 Å². The summed E-state index contributed by atoms with van der Waals surface area (Å²) < 4.78 is 39.9. The number of alkyl halides is 2. The molecule has 1 aliphatic rings. The first kappa shape index (κ1) is 15.5. The minimum Gasteiger partial charge on any atom is -0.493 e. The van der Waals surface area contributed by atoms with Crippen molar-refractivity contribution in [3.05, 3.63) is 23.8 Å². The van der Waals surface area contributed by atoms with Crippen LogP contribution in [0.5, 0.6) is 11.5 Å². The van der Waals surface area contributed by atoms with E-state index in [4.69, 9.17) is 9.47 Å². The summed E-state index contributed by atoms with van der Waals surface area (Å²) in [6.07, 6.45) is -0.0900. The van der Waals surface area contributed by atoms with Crippen LogP contribution in [0.3, 0.4) is 0 Å². The second-order valence-corrected chi connectivity index (χ2v) is 4.65. The summed E-state index contributed by atoms with van der Waals surface area (Å²) in [5.41, 5.74) is 0.0590. The lowest BCUT2D eigenvalue weighted by atomic mass is 10.1. The second-order valence-electron chi connectivity index (χ2n) is 4.65. The zero-order valence-electron chi connectivity index (χ0n) is 11.8. The molecule has 1 aromatic carbocycles. The highest BCUT2D eigenvalue weighted by Gasteiger charge is 2.27. The fraction of sp³-hybridized carbons (Fsp3) is 0.500. The Morgan fingerprint density at radius 2 is 2.24 bits per heavy atom. The van der Waals surface area contributed by atoms with Crippen molar-refractivity contribution in [3.63, 3.8) is 0 Å². The third-order valence-corrected chi connectivity index (χ3v) is 3.16. The molecule has 5 nitrogen and oxygen atoms in total. The molecule has 2 rings (SSSR count). The maximum atomic E-state index is 12.6. The van der Waals surface area contributed by atoms with Gasteiger partial charge in [-0.25, -0.2) is 0 Å². The molecular weight excluding hydrogens is 284 g/mol. The van der Waals surface area contributed by atoms with Gasteiger partial charge < -0.3 is 19.1 Å². The van der Waals surface area contributed by atoms with Crippen molar-refractivity contribution in [2.75, 3.05) is 26.8 Å². The first-order valence-electron chi connectivity index (χ1n) is 6.55. The van der Waals surface area contributed by atoms with Crippen molar-refractivity contribution in [2.24, 2.45) is 0 Å². The van der Waals surface area contributed by atoms with E-state index in [2.05, 4.69) is 4.74 Å². The average molecular weight is 301 g/mol. The van der Waals surface area contributed by atoms with Gasteiger partial charge in [0.2, 0.25) is 0 Å². The molecule has 0 radical (unpaired) electrons. The Bertz CT molecular complexity index is 510. The number of halogens is 2. The molecule has 1 heterocycles. The SMILES string of the molecule is COc1cccc(C(=O)N2CCOC(C)C2)c1OC(F)F. The average Bonchev–Trinajstić information content (AvgIpc) is 2.46. The molecule has 0 saturated carbocycles. The van der Waals surface area contributed by atoms with Gasteiger partial charge in [-0.15, -0.1) is 0 Å². The van der Waals surface area contributed by atoms with Crippen LogP contribution in [-0.4, -0.2) is 50.3 Å². The van der Waals surface area contributed by atoms with Crippen LogP contribution in [0.2, 0.25) is 0 Å². The third-order valence-electron chi connectivity index (χ3n) is 3.16. The second kappa shape index (κ2) is 6.71. The molecule has 1 atom stereocenters. The number of para-hydroxylation sites is 1. The predicted molar refractivity (Wildman–Crippen MR) is 70.9 cm³/mol. The maximum absolute atomic E-state index is 12.6. The van der Waals surface area contributed by atoms with E-state index < -0.39 is 6.61 Å². The minimum absolute atomic E-state index is 0.0590. The highest BCUT2D eigenvalue weighted by atomic mass is 19.3. The van der Waals surface area contributed by atoms with Crippen LogP contribution in [0.25, 0.3) is 0 Å². The fourth-order valence-corrected chi connectivity index (χ4v) is 2.23. The van der Waals surface area contributed by atoms with Gasteiger partial charge in [0.25, 0.3) is 5.91 Å². The lowest BCUT2D eigenvalue weighted by Gasteiger charge is -2.31. The number of morpholine rings is 1. The molecule has 1 amide bonds. The molecule has 1 aromatic rings. The molecule has 116 valence electrons. The van der Waals surface area contributed by atoms with Gasteiger partial charge in [0.1, 0.15) is 0 Å². The summed E-state index contributed by atoms with van der Waals surface area (Å²) >= 11 is 0. The molecule has 0 spiro atoms. The normalized spacial score (nSPS) is 18.7. The number of nitrogens with zero attached hydrogens (tertiary/aromatic N) is 1. The van der Waals surface area contributed by atoms with E-state index in [0.717, 1.165) is 0 Å². The van der Waals surface area contributed by atoms with E-state index in [9.17, 15) is 13.6 Å². The number of rotatable bonds is 4. The van der Waals surface area contributed by atoms with Crippen molar-refractivity contribution in [3.8, 4) is 11.5 Å². The number of benzene rings is 1. The Kier molecular flexibility index (Phi) is 4.95. The van der Waals surface area contributed by atoms with Crippen LogP contribution in [0, 0.1) is 0 Å². The van der Waals surface area contributed by atoms with Crippen molar-refractivity contribution in [1.29, 1.82) is 0 Å². The van der Waals surface area contributed by atoms with E-state index in [0.29, 0.717) is 19.7 Å². The van der Waals surface area contributed by atoms with Crippen molar-refractivity contribution >= 4 is 5.91 Å². The predicted octanol–water partition coefficient (Wildman–Crippen LogP) is 2.16. The first-order valence-corrected chi connectivity index (χ1v) is 6.55. The number of ether oxygens (including phenoxy) is 3. The maximum Gasteiger partial charge on any atom is 0.387 e. The van der Waals surface area contributed by atoms with Gasteiger partial charge in [-0.1, -0.05) is 6.07 Å². The van der Waals surface area contributed by atoms with Crippen LogP contribution < -0.4 is 9.47 Å². The molecule has 0 aromatic heterocycles. The van der Waals surface area contributed by atoms with Gasteiger partial charge in [0.05, 0.1) is 25.4 Å². The Labute approximate surface area is 121 Å². The van der Waals surface area contributed by atoms with E-state index >= 15 is 0 Å². The number of carbonyl (C=O) groups excluding carboxylic acids is 1. The zero-order chi connectivity index (χ0) is 15.4. The Morgan fingerprint density at radius 1 is 1.48 bits per heavy atom. The Morgan fingerprint density at radius 3 is 2.86 bits per heavy atom. The lowest BCUT2D eigenvalue weighted by molar-refractivity contribution is -0.0520. The molecule has 7 heteroatoms. The standard InChI is InChI=1S/C14H17F2NO4/c1-9-8-17(6-7-20-9)13(18)10-4-3-5-11(19-2)12(10)21-14(15)16/h3-5,9,14H,6-8H2,1-2H3. The monoisotopic (exact) mass is 301 g/mol. The molecule has 1 fully saturated rings. The van der Waals surface area contributed by atoms with Gasteiger partial charge in [-0.05, 0) is 19.1 Å². The molecular formula is C14H17F2NO4. The Hall–Kier alpha value is -1.89. The number of carbonyl (C=O) groups is 1. The summed E-state index contributed by atoms with van der Waals surface area (Å²) in [5, 5.41) is 0. The van der Waals surface area contributed by atoms with Gasteiger partial charge >= 0.3 is 6.61 Å². The van der Waals surface area contributed by atoms with Crippen molar-refractivity contribution < 1.29 is 27.8 Å². The lowest BCUT2D eigenvalue weighted by Crippen LogP contribution is -2.44. The smallest absolute Gasteiger partial charge is 0.387 e. The number of methoxy groups -OCH3 is 1. The van der Waals surface area contributed by atoms with Crippen LogP contribution in [0.1, 0.15) is 17.3 Å². The Balaban J connectivity index is 2.31. The van der Waals surface area contributed by atoms with Crippen molar-refractivity contribution in [2.45, 2.75) is 19.6 Å². The van der Waals surface area contributed by atoms with Gasteiger partial charge in [-0.3, -0.25) is 4.79 Å². The summed E-state index contributed by atoms with van der Waals surface area (Å²) in [6.45, 7) is 0.0544. The van der Waals surface area contributed by atoms with Crippen LogP contribution >= 0.6 is 0 Å². The summed E-state index contributed by atoms with van der Waals surface area (Å²) in [7, 11) is 1.33. The highest BCUT2D eigenvalue weighted by Crippen LogP contribution is 2.33. The number of hydrogen-bond donors (Lipinski definition) is 0. The largest absolute Gasteiger partial charge is 0.493 e. The minimum atomic E-state index is -3.03. The molecule has 0 aliphatic carbocycles. The topological polar surface area (TPSA) is 48.0 Å². The molecule has 0 N–H and O–H groups in total. The molecule has 1 unspecified atom stereocenters. The van der Waals surface area contributed by atoms with Crippen LogP contribution in [0.15, 0.2) is 18.2 Å². The van der Waals surface area contributed by atoms with E-state index in [1.54, 1.807) is 11.0 Å². The third kappa shape index (κ3) is 3.60. The summed E-state index contributed by atoms with van der Waals surface area (Å²) in [4.78, 5) is 14.1. The quantitative estimate of drug-likeness (QED) is 0.855. The summed E-state index contributed by atoms with van der Waals surface area (Å²) in [6, 6.07) is 4.48. The molecule has 0 bridgehead atoms. The zero-order valence-corrected chi connectivity index (χ0v) is 11.8. The fourth-order valence-electron chi connectivity index (χ4n) is 2.23.